The molecule has 8 heteroatoms. The van der Waals surface area contributed by atoms with Gasteiger partial charge in [-0.2, -0.15) is 5.10 Å². The first-order chi connectivity index (χ1) is 10.9. The van der Waals surface area contributed by atoms with Crippen molar-refractivity contribution in [2.24, 2.45) is 7.05 Å². The van der Waals surface area contributed by atoms with E-state index < -0.39 is 17.7 Å². The van der Waals surface area contributed by atoms with Crippen molar-refractivity contribution in [3.63, 3.8) is 0 Å². The van der Waals surface area contributed by atoms with Gasteiger partial charge in [-0.25, -0.2) is 9.48 Å². The minimum atomic E-state index is -0.754. The molecule has 0 aliphatic heterocycles. The van der Waals surface area contributed by atoms with Crippen molar-refractivity contribution in [3.8, 4) is 5.75 Å². The van der Waals surface area contributed by atoms with Crippen LogP contribution in [-0.2, 0) is 18.4 Å². The second kappa shape index (κ2) is 6.82. The molecule has 0 radical (unpaired) electrons. The van der Waals surface area contributed by atoms with Gasteiger partial charge in [-0.1, -0.05) is 30.3 Å². The lowest BCUT2D eigenvalue weighted by Crippen LogP contribution is -2.22. The Hall–Kier alpha value is -3.03. The minimum absolute atomic E-state index is 0.00624. The largest absolute Gasteiger partial charge is 0.503 e. The molecule has 122 valence electrons. The van der Waals surface area contributed by atoms with E-state index in [1.807, 2.05) is 30.3 Å². The lowest BCUT2D eigenvalue weighted by atomic mass is 10.2. The van der Waals surface area contributed by atoms with Crippen LogP contribution in [-0.4, -0.2) is 45.9 Å². The number of aromatic nitrogens is 2. The fraction of sp³-hybridized carbons (Fsp3) is 0.267. The number of rotatable bonds is 4. The quantitative estimate of drug-likeness (QED) is 0.892. The summed E-state index contributed by atoms with van der Waals surface area (Å²) in [5, 5.41) is 16.4. The summed E-state index contributed by atoms with van der Waals surface area (Å²) >= 11 is 0. The topological polar surface area (TPSA) is 96.7 Å². The molecule has 0 aliphatic rings. The molecule has 1 aromatic heterocycles. The Morgan fingerprint density at radius 2 is 1.96 bits per heavy atom. The van der Waals surface area contributed by atoms with Gasteiger partial charge in [0.2, 0.25) is 0 Å². The Bertz CT molecular complexity index is 710. The van der Waals surface area contributed by atoms with E-state index in [9.17, 15) is 14.7 Å². The molecule has 0 bridgehead atoms. The highest BCUT2D eigenvalue weighted by atomic mass is 16.5. The molecule has 0 saturated carbocycles. The molecule has 1 heterocycles. The summed E-state index contributed by atoms with van der Waals surface area (Å²) in [4.78, 5) is 25.0. The van der Waals surface area contributed by atoms with Gasteiger partial charge < -0.3 is 14.7 Å². The van der Waals surface area contributed by atoms with E-state index >= 15 is 0 Å². The van der Waals surface area contributed by atoms with Gasteiger partial charge in [0.05, 0.1) is 0 Å². The molecule has 2 N–H and O–H groups in total. The van der Waals surface area contributed by atoms with Crippen molar-refractivity contribution in [2.45, 2.75) is 6.61 Å². The van der Waals surface area contributed by atoms with Gasteiger partial charge in [-0.05, 0) is 5.56 Å². The fourth-order valence-corrected chi connectivity index (χ4v) is 1.86. The Morgan fingerprint density at radius 1 is 1.30 bits per heavy atom. The third-order valence-corrected chi connectivity index (χ3v) is 3.06. The van der Waals surface area contributed by atoms with Crippen LogP contribution in [0, 0.1) is 0 Å². The standard InChI is InChI=1S/C15H18N4O4/c1-18(2)14(21)11-12(20)13(19(3)17-11)16-15(22)23-9-10-7-5-4-6-8-10/h4-8,20H,9H2,1-3H3,(H,16,22). The summed E-state index contributed by atoms with van der Waals surface area (Å²) < 4.78 is 6.27. The van der Waals surface area contributed by atoms with Crippen LogP contribution in [0.4, 0.5) is 10.6 Å². The number of carbonyl (C=O) groups excluding carboxylic acids is 2. The molecule has 0 aliphatic carbocycles. The lowest BCUT2D eigenvalue weighted by molar-refractivity contribution is 0.0818. The number of aromatic hydroxyl groups is 1. The van der Waals surface area contributed by atoms with Crippen molar-refractivity contribution in [1.82, 2.24) is 14.7 Å². The maximum Gasteiger partial charge on any atom is 0.413 e. The van der Waals surface area contributed by atoms with E-state index in [1.165, 1.54) is 30.7 Å². The van der Waals surface area contributed by atoms with Crippen LogP contribution in [0.25, 0.3) is 0 Å². The van der Waals surface area contributed by atoms with Crippen molar-refractivity contribution in [2.75, 3.05) is 19.4 Å². The van der Waals surface area contributed by atoms with Crippen LogP contribution in [0.5, 0.6) is 5.75 Å². The van der Waals surface area contributed by atoms with E-state index in [0.717, 1.165) is 5.56 Å². The molecule has 1 aromatic carbocycles. The highest BCUT2D eigenvalue weighted by Crippen LogP contribution is 2.27. The number of amides is 2. The molecule has 0 atom stereocenters. The van der Waals surface area contributed by atoms with Gasteiger partial charge in [0.1, 0.15) is 6.61 Å². The number of carbonyl (C=O) groups is 2. The van der Waals surface area contributed by atoms with Crippen LogP contribution < -0.4 is 5.32 Å². The van der Waals surface area contributed by atoms with E-state index in [4.69, 9.17) is 4.74 Å². The molecule has 0 saturated heterocycles. The Balaban J connectivity index is 2.05. The highest BCUT2D eigenvalue weighted by molar-refractivity contribution is 5.97. The zero-order valence-electron chi connectivity index (χ0n) is 13.1. The Labute approximate surface area is 133 Å². The summed E-state index contributed by atoms with van der Waals surface area (Å²) in [6.07, 6.45) is -0.754. The smallest absolute Gasteiger partial charge is 0.413 e. The summed E-state index contributed by atoms with van der Waals surface area (Å²) in [5.74, 6) is -0.875. The predicted molar refractivity (Wildman–Crippen MR) is 83.1 cm³/mol. The van der Waals surface area contributed by atoms with Gasteiger partial charge in [0.15, 0.2) is 17.3 Å². The van der Waals surface area contributed by atoms with Crippen molar-refractivity contribution >= 4 is 17.8 Å². The molecule has 2 rings (SSSR count). The van der Waals surface area contributed by atoms with Gasteiger partial charge in [0, 0.05) is 21.1 Å². The Morgan fingerprint density at radius 3 is 2.57 bits per heavy atom. The van der Waals surface area contributed by atoms with E-state index in [0.29, 0.717) is 0 Å². The molecular weight excluding hydrogens is 300 g/mol. The van der Waals surface area contributed by atoms with Crippen LogP contribution >= 0.6 is 0 Å². The maximum atomic E-state index is 11.9. The lowest BCUT2D eigenvalue weighted by Gasteiger charge is -2.08. The molecule has 0 fully saturated rings. The third kappa shape index (κ3) is 3.79. The van der Waals surface area contributed by atoms with Gasteiger partial charge in [-0.15, -0.1) is 0 Å². The first-order valence-electron chi connectivity index (χ1n) is 6.85. The number of ether oxygens (including phenoxy) is 1. The van der Waals surface area contributed by atoms with Crippen molar-refractivity contribution in [1.29, 1.82) is 0 Å². The average molecular weight is 318 g/mol. The Kier molecular flexibility index (Phi) is 4.85. The summed E-state index contributed by atoms with van der Waals surface area (Å²) in [5.41, 5.74) is 0.691. The van der Waals surface area contributed by atoms with E-state index in [2.05, 4.69) is 10.4 Å². The molecule has 0 spiro atoms. The molecule has 8 nitrogen and oxygen atoms in total. The minimum Gasteiger partial charge on any atom is -0.503 e. The first kappa shape index (κ1) is 16.3. The normalized spacial score (nSPS) is 10.2. The average Bonchev–Trinajstić information content (AvgIpc) is 2.81. The number of nitrogens with zero attached hydrogens (tertiary/aromatic N) is 3. The number of anilines is 1. The van der Waals surface area contributed by atoms with Gasteiger partial charge in [0.25, 0.3) is 5.91 Å². The number of aryl methyl sites for hydroxylation is 1. The van der Waals surface area contributed by atoms with E-state index in [-0.39, 0.29) is 18.1 Å². The second-order valence-electron chi connectivity index (χ2n) is 5.06. The fourth-order valence-electron chi connectivity index (χ4n) is 1.86. The molecule has 2 aromatic rings. The van der Waals surface area contributed by atoms with Crippen molar-refractivity contribution in [3.05, 3.63) is 41.6 Å². The number of benzene rings is 1. The number of nitrogens with one attached hydrogen (secondary N) is 1. The van der Waals surface area contributed by atoms with Crippen LogP contribution in [0.15, 0.2) is 30.3 Å². The zero-order chi connectivity index (χ0) is 17.0. The molecule has 2 amide bonds. The summed E-state index contributed by atoms with van der Waals surface area (Å²) in [7, 11) is 4.58. The summed E-state index contributed by atoms with van der Waals surface area (Å²) in [6.45, 7) is 0.0920. The summed E-state index contributed by atoms with van der Waals surface area (Å²) in [6, 6.07) is 9.18. The van der Waals surface area contributed by atoms with Crippen LogP contribution in [0.2, 0.25) is 0 Å². The predicted octanol–water partition coefficient (Wildman–Crippen LogP) is 1.58. The SMILES string of the molecule is CN(C)C(=O)c1nn(C)c(NC(=O)OCc2ccccc2)c1O. The highest BCUT2D eigenvalue weighted by Gasteiger charge is 2.24. The van der Waals surface area contributed by atoms with Gasteiger partial charge in [-0.3, -0.25) is 10.1 Å². The molecule has 0 unspecified atom stereocenters. The zero-order valence-corrected chi connectivity index (χ0v) is 13.1. The first-order valence-corrected chi connectivity index (χ1v) is 6.85. The molecule has 23 heavy (non-hydrogen) atoms. The monoisotopic (exact) mass is 318 g/mol. The van der Waals surface area contributed by atoms with E-state index in [1.54, 1.807) is 0 Å². The third-order valence-electron chi connectivity index (χ3n) is 3.06. The molecular formula is C15H18N4O4. The number of hydrogen-bond donors (Lipinski definition) is 2. The maximum absolute atomic E-state index is 11.9. The van der Waals surface area contributed by atoms with Crippen molar-refractivity contribution < 1.29 is 19.4 Å². The van der Waals surface area contributed by atoms with Crippen LogP contribution in [0.1, 0.15) is 16.1 Å². The van der Waals surface area contributed by atoms with Crippen LogP contribution in [0.3, 0.4) is 0 Å². The number of hydrogen-bond acceptors (Lipinski definition) is 5. The van der Waals surface area contributed by atoms with Gasteiger partial charge >= 0.3 is 6.09 Å². The second-order valence-corrected chi connectivity index (χ2v) is 5.06.